The van der Waals surface area contributed by atoms with Gasteiger partial charge in [-0.25, -0.2) is 9.97 Å². The molecule has 0 radical (unpaired) electrons. The Hall–Kier alpha value is -1.61. The summed E-state index contributed by atoms with van der Waals surface area (Å²) in [4.78, 5) is 18.2. The second-order valence-corrected chi connectivity index (χ2v) is 5.37. The summed E-state index contributed by atoms with van der Waals surface area (Å²) < 4.78 is 10.1. The zero-order valence-electron chi connectivity index (χ0n) is 15.7. The van der Waals surface area contributed by atoms with Crippen molar-refractivity contribution in [3.05, 3.63) is 18.1 Å². The number of methoxy groups -OCH3 is 1. The van der Waals surface area contributed by atoms with E-state index in [1.165, 1.54) is 12.4 Å². The third-order valence-corrected chi connectivity index (χ3v) is 3.27. The van der Waals surface area contributed by atoms with Crippen molar-refractivity contribution in [1.29, 1.82) is 0 Å². The molecular weight excluding hydrogens is 326 g/mol. The molecule has 0 aromatic carbocycles. The van der Waals surface area contributed by atoms with Gasteiger partial charge in [-0.3, -0.25) is 4.79 Å². The van der Waals surface area contributed by atoms with Crippen molar-refractivity contribution in [1.82, 2.24) is 9.97 Å². The van der Waals surface area contributed by atoms with Crippen LogP contribution in [0.4, 0.5) is 5.82 Å². The van der Waals surface area contributed by atoms with E-state index in [1.807, 2.05) is 27.7 Å². The number of nitrogens with one attached hydrogen (secondary N) is 1. The van der Waals surface area contributed by atoms with Crippen LogP contribution in [0.25, 0.3) is 0 Å². The summed E-state index contributed by atoms with van der Waals surface area (Å²) in [5.41, 5.74) is 0.255. The van der Waals surface area contributed by atoms with E-state index in [4.69, 9.17) is 9.47 Å². The zero-order chi connectivity index (χ0) is 19.2. The Bertz CT molecular complexity index is 456. The van der Waals surface area contributed by atoms with E-state index in [9.17, 15) is 15.0 Å². The number of anilines is 1. The topological polar surface area (TPSA) is 114 Å². The number of ether oxygens (including phenoxy) is 2. The van der Waals surface area contributed by atoms with Crippen molar-refractivity contribution in [2.75, 3.05) is 25.6 Å². The SMILES string of the molecule is CC.COC(C)C.O=Cc1cnc(NCC2OCCC(O)C2O)cn1. The minimum atomic E-state index is -0.909. The first-order valence-corrected chi connectivity index (χ1v) is 8.49. The summed E-state index contributed by atoms with van der Waals surface area (Å²) in [6.45, 7) is 8.73. The van der Waals surface area contributed by atoms with Gasteiger partial charge < -0.3 is 25.0 Å². The molecule has 0 bridgehead atoms. The lowest BCUT2D eigenvalue weighted by Crippen LogP contribution is -2.47. The smallest absolute Gasteiger partial charge is 0.170 e. The number of aliphatic hydroxyl groups is 2. The Morgan fingerprint density at radius 3 is 2.48 bits per heavy atom. The number of aliphatic hydroxyl groups excluding tert-OH is 2. The predicted octanol–water partition coefficient (Wildman–Crippen LogP) is 1.28. The number of hydrogen-bond acceptors (Lipinski definition) is 8. The van der Waals surface area contributed by atoms with Crippen LogP contribution in [0.5, 0.6) is 0 Å². The highest BCUT2D eigenvalue weighted by Gasteiger charge is 2.31. The minimum Gasteiger partial charge on any atom is -0.390 e. The predicted molar refractivity (Wildman–Crippen MR) is 95.8 cm³/mol. The Kier molecular flexibility index (Phi) is 12.8. The van der Waals surface area contributed by atoms with Crippen LogP contribution in [0, 0.1) is 0 Å². The van der Waals surface area contributed by atoms with Crippen LogP contribution in [-0.2, 0) is 9.47 Å². The number of nitrogens with zero attached hydrogens (tertiary/aromatic N) is 2. The van der Waals surface area contributed by atoms with Gasteiger partial charge in [0.1, 0.15) is 23.7 Å². The second kappa shape index (κ2) is 13.7. The van der Waals surface area contributed by atoms with Crippen LogP contribution >= 0.6 is 0 Å². The average Bonchev–Trinajstić information content (AvgIpc) is 2.65. The zero-order valence-corrected chi connectivity index (χ0v) is 15.7. The number of rotatable bonds is 5. The molecule has 3 unspecified atom stereocenters. The standard InChI is InChI=1S/C11H15N3O4.C4H10O.C2H6/c15-6-7-3-13-10(5-12-7)14-4-9-11(17)8(16)1-2-18-9;1-4(2)5-3;1-2/h3,5-6,8-9,11,16-17H,1-2,4H2,(H,13,14);4H,1-3H3;1-2H3. The van der Waals surface area contributed by atoms with E-state index in [0.717, 1.165) is 0 Å². The number of carbonyl (C=O) groups excluding carboxylic acids is 1. The molecule has 1 aliphatic heterocycles. The van der Waals surface area contributed by atoms with Gasteiger partial charge in [-0.05, 0) is 20.3 Å². The van der Waals surface area contributed by atoms with Gasteiger partial charge in [0.25, 0.3) is 0 Å². The van der Waals surface area contributed by atoms with Crippen molar-refractivity contribution in [3.8, 4) is 0 Å². The molecule has 0 amide bonds. The third kappa shape index (κ3) is 9.45. The first-order valence-electron chi connectivity index (χ1n) is 8.49. The summed E-state index contributed by atoms with van der Waals surface area (Å²) in [5, 5.41) is 22.1. The van der Waals surface area contributed by atoms with Gasteiger partial charge in [0.05, 0.1) is 24.6 Å². The number of carbonyl (C=O) groups is 1. The maximum absolute atomic E-state index is 10.4. The van der Waals surface area contributed by atoms with Crippen LogP contribution < -0.4 is 5.32 Å². The summed E-state index contributed by atoms with van der Waals surface area (Å²) in [7, 11) is 1.70. The molecule has 3 atom stereocenters. The van der Waals surface area contributed by atoms with E-state index < -0.39 is 18.3 Å². The lowest BCUT2D eigenvalue weighted by molar-refractivity contribution is -0.129. The fourth-order valence-corrected chi connectivity index (χ4v) is 1.73. The van der Waals surface area contributed by atoms with Crippen LogP contribution in [0.2, 0.25) is 0 Å². The quantitative estimate of drug-likeness (QED) is 0.675. The summed E-state index contributed by atoms with van der Waals surface area (Å²) in [6, 6.07) is 0. The van der Waals surface area contributed by atoms with Crippen molar-refractivity contribution in [2.45, 2.75) is 58.5 Å². The van der Waals surface area contributed by atoms with Gasteiger partial charge in [0.2, 0.25) is 0 Å². The van der Waals surface area contributed by atoms with Gasteiger partial charge in [0.15, 0.2) is 6.29 Å². The average molecular weight is 357 g/mol. The molecule has 0 spiro atoms. The fraction of sp³-hybridized carbons (Fsp3) is 0.706. The van der Waals surface area contributed by atoms with Crippen molar-refractivity contribution in [2.24, 2.45) is 0 Å². The van der Waals surface area contributed by atoms with Gasteiger partial charge >= 0.3 is 0 Å². The largest absolute Gasteiger partial charge is 0.390 e. The molecule has 2 heterocycles. The molecule has 3 N–H and O–H groups in total. The number of hydrogen-bond donors (Lipinski definition) is 3. The first kappa shape index (κ1) is 23.4. The number of aromatic nitrogens is 2. The lowest BCUT2D eigenvalue weighted by Gasteiger charge is -2.32. The molecule has 8 nitrogen and oxygen atoms in total. The van der Waals surface area contributed by atoms with Crippen LogP contribution in [0.15, 0.2) is 12.4 Å². The maximum Gasteiger partial charge on any atom is 0.170 e. The lowest BCUT2D eigenvalue weighted by atomic mass is 10.0. The molecular formula is C17H31N3O5. The van der Waals surface area contributed by atoms with Crippen molar-refractivity contribution >= 4 is 12.1 Å². The third-order valence-electron chi connectivity index (χ3n) is 3.27. The molecule has 1 aromatic heterocycles. The van der Waals surface area contributed by atoms with Gasteiger partial charge in [-0.1, -0.05) is 13.8 Å². The Balaban J connectivity index is 0.000000710. The highest BCUT2D eigenvalue weighted by atomic mass is 16.5. The van der Waals surface area contributed by atoms with E-state index in [0.29, 0.717) is 37.8 Å². The molecule has 25 heavy (non-hydrogen) atoms. The van der Waals surface area contributed by atoms with E-state index in [2.05, 4.69) is 15.3 Å². The Labute approximate surface area is 149 Å². The maximum atomic E-state index is 10.4. The first-order chi connectivity index (χ1) is 12.0. The fourth-order valence-electron chi connectivity index (χ4n) is 1.73. The molecule has 144 valence electrons. The Morgan fingerprint density at radius 2 is 2.00 bits per heavy atom. The minimum absolute atomic E-state index is 0.255. The molecule has 0 aliphatic carbocycles. The highest BCUT2D eigenvalue weighted by molar-refractivity contribution is 5.71. The molecule has 1 fully saturated rings. The van der Waals surface area contributed by atoms with Crippen LogP contribution in [0.1, 0.15) is 44.6 Å². The second-order valence-electron chi connectivity index (χ2n) is 5.37. The number of aldehydes is 1. The van der Waals surface area contributed by atoms with Gasteiger partial charge in [-0.2, -0.15) is 0 Å². The molecule has 1 saturated heterocycles. The monoisotopic (exact) mass is 357 g/mol. The Morgan fingerprint density at radius 1 is 1.36 bits per heavy atom. The van der Waals surface area contributed by atoms with E-state index in [-0.39, 0.29) is 5.69 Å². The van der Waals surface area contributed by atoms with Crippen LogP contribution in [-0.4, -0.2) is 71.1 Å². The summed E-state index contributed by atoms with van der Waals surface area (Å²) in [5.74, 6) is 0.483. The molecule has 2 rings (SSSR count). The van der Waals surface area contributed by atoms with Crippen LogP contribution in [0.3, 0.4) is 0 Å². The highest BCUT2D eigenvalue weighted by Crippen LogP contribution is 2.15. The van der Waals surface area contributed by atoms with Gasteiger partial charge in [-0.15, -0.1) is 0 Å². The van der Waals surface area contributed by atoms with E-state index in [1.54, 1.807) is 7.11 Å². The molecule has 8 heteroatoms. The van der Waals surface area contributed by atoms with Gasteiger partial charge in [0, 0.05) is 20.3 Å². The summed E-state index contributed by atoms with van der Waals surface area (Å²) in [6.07, 6.45) is 2.06. The normalized spacial score (nSPS) is 22.2. The molecule has 0 saturated carbocycles. The molecule has 1 aromatic rings. The van der Waals surface area contributed by atoms with E-state index >= 15 is 0 Å². The van der Waals surface area contributed by atoms with Crippen molar-refractivity contribution < 1.29 is 24.5 Å². The summed E-state index contributed by atoms with van der Waals surface area (Å²) >= 11 is 0. The van der Waals surface area contributed by atoms with Crippen molar-refractivity contribution in [3.63, 3.8) is 0 Å². The molecule has 1 aliphatic rings.